The van der Waals surface area contributed by atoms with Crippen LogP contribution in [0.5, 0.6) is 0 Å². The fourth-order valence-electron chi connectivity index (χ4n) is 4.18. The highest BCUT2D eigenvalue weighted by atomic mass is 16.3. The molecular formula is C20H27N5O3. The highest BCUT2D eigenvalue weighted by Gasteiger charge is 2.24. The van der Waals surface area contributed by atoms with E-state index in [0.717, 1.165) is 62.9 Å². The lowest BCUT2D eigenvalue weighted by molar-refractivity contribution is 0.0904. The average molecular weight is 385 g/mol. The Morgan fingerprint density at radius 2 is 2.18 bits per heavy atom. The molecule has 2 aliphatic rings. The van der Waals surface area contributed by atoms with Gasteiger partial charge in [-0.15, -0.1) is 0 Å². The molecule has 0 aromatic carbocycles. The molecule has 1 amide bonds. The number of amides is 1. The molecule has 28 heavy (non-hydrogen) atoms. The van der Waals surface area contributed by atoms with Crippen molar-refractivity contribution in [2.75, 3.05) is 19.6 Å². The summed E-state index contributed by atoms with van der Waals surface area (Å²) in [5, 5.41) is 7.54. The van der Waals surface area contributed by atoms with Gasteiger partial charge in [0.1, 0.15) is 6.26 Å². The van der Waals surface area contributed by atoms with Gasteiger partial charge in [-0.25, -0.2) is 9.67 Å². The first-order valence-electron chi connectivity index (χ1n) is 10.1. The maximum Gasteiger partial charge on any atom is 0.273 e. The highest BCUT2D eigenvalue weighted by molar-refractivity contribution is 5.91. The molecule has 1 aliphatic carbocycles. The summed E-state index contributed by atoms with van der Waals surface area (Å²) in [6.07, 6.45) is 7.73. The van der Waals surface area contributed by atoms with Crippen LogP contribution < -0.4 is 10.9 Å². The number of oxazole rings is 1. The van der Waals surface area contributed by atoms with Crippen molar-refractivity contribution in [2.24, 2.45) is 0 Å². The molecule has 1 atom stereocenters. The Balaban J connectivity index is 1.35. The van der Waals surface area contributed by atoms with E-state index in [2.05, 4.69) is 20.3 Å². The fraction of sp³-hybridized carbons (Fsp3) is 0.600. The van der Waals surface area contributed by atoms with Crippen LogP contribution in [0.1, 0.15) is 53.3 Å². The Hall–Kier alpha value is -2.48. The topological polar surface area (TPSA) is 93.3 Å². The van der Waals surface area contributed by atoms with Crippen molar-refractivity contribution in [3.8, 4) is 0 Å². The highest BCUT2D eigenvalue weighted by Crippen LogP contribution is 2.18. The van der Waals surface area contributed by atoms with Crippen molar-refractivity contribution >= 4 is 5.91 Å². The summed E-state index contributed by atoms with van der Waals surface area (Å²) < 4.78 is 6.71. The van der Waals surface area contributed by atoms with E-state index < -0.39 is 0 Å². The zero-order valence-electron chi connectivity index (χ0n) is 16.3. The van der Waals surface area contributed by atoms with E-state index in [1.54, 1.807) is 17.7 Å². The minimum absolute atomic E-state index is 0.0103. The molecule has 1 N–H and O–H groups in total. The zero-order valence-corrected chi connectivity index (χ0v) is 16.3. The molecule has 0 spiro atoms. The van der Waals surface area contributed by atoms with Crippen LogP contribution >= 0.6 is 0 Å². The van der Waals surface area contributed by atoms with Crippen LogP contribution in [0.2, 0.25) is 0 Å². The number of hydrogen-bond acceptors (Lipinski definition) is 6. The number of aromatic nitrogens is 3. The standard InChI is InChI=1S/C20H27N5O3/c1-14-22-18(13-28-14)20(27)21-12-16-6-2-3-8-24(16)9-10-25-19(26)11-15-5-4-7-17(15)23-25/h11,13,16H,2-10,12H2,1H3,(H,21,27). The van der Waals surface area contributed by atoms with Crippen molar-refractivity contribution < 1.29 is 9.21 Å². The lowest BCUT2D eigenvalue weighted by Gasteiger charge is -2.35. The number of piperidine rings is 1. The molecule has 1 aliphatic heterocycles. The van der Waals surface area contributed by atoms with Crippen LogP contribution in [0.25, 0.3) is 0 Å². The van der Waals surface area contributed by atoms with Crippen molar-refractivity contribution in [2.45, 2.75) is 58.0 Å². The van der Waals surface area contributed by atoms with Crippen molar-refractivity contribution in [1.82, 2.24) is 25.0 Å². The molecule has 2 aromatic heterocycles. The van der Waals surface area contributed by atoms with Gasteiger partial charge in [0.25, 0.3) is 11.5 Å². The molecule has 1 unspecified atom stereocenters. The number of hydrogen-bond donors (Lipinski definition) is 1. The molecule has 8 heteroatoms. The van der Waals surface area contributed by atoms with Crippen LogP contribution in [-0.2, 0) is 19.4 Å². The lowest BCUT2D eigenvalue weighted by atomic mass is 10.0. The van der Waals surface area contributed by atoms with Crippen LogP contribution in [0.4, 0.5) is 0 Å². The number of carbonyl (C=O) groups is 1. The molecule has 0 bridgehead atoms. The summed E-state index contributed by atoms with van der Waals surface area (Å²) in [5.74, 6) is 0.274. The second-order valence-corrected chi connectivity index (χ2v) is 7.68. The van der Waals surface area contributed by atoms with Crippen LogP contribution in [0.3, 0.4) is 0 Å². The normalized spacial score (nSPS) is 19.5. The third kappa shape index (κ3) is 4.16. The first-order chi connectivity index (χ1) is 13.6. The number of likely N-dealkylation sites (tertiary alicyclic amines) is 1. The summed E-state index contributed by atoms with van der Waals surface area (Å²) in [6.45, 7) is 4.60. The predicted octanol–water partition coefficient (Wildman–Crippen LogP) is 1.31. The molecule has 150 valence electrons. The third-order valence-electron chi connectivity index (χ3n) is 5.72. The van der Waals surface area contributed by atoms with Gasteiger partial charge >= 0.3 is 0 Å². The van der Waals surface area contributed by atoms with Crippen LogP contribution in [0, 0.1) is 6.92 Å². The first kappa shape index (κ1) is 18.9. The SMILES string of the molecule is Cc1nc(C(=O)NCC2CCCCN2CCn2nc3c(cc2=O)CCC3)co1. The largest absolute Gasteiger partial charge is 0.448 e. The van der Waals surface area contributed by atoms with Crippen LogP contribution in [0.15, 0.2) is 21.5 Å². The van der Waals surface area contributed by atoms with Gasteiger partial charge in [-0.1, -0.05) is 6.42 Å². The minimum Gasteiger partial charge on any atom is -0.448 e. The Morgan fingerprint density at radius 1 is 1.29 bits per heavy atom. The molecule has 1 fully saturated rings. The van der Waals surface area contributed by atoms with E-state index >= 15 is 0 Å². The minimum atomic E-state index is -0.209. The summed E-state index contributed by atoms with van der Waals surface area (Å²) in [5.41, 5.74) is 2.49. The molecule has 4 rings (SSSR count). The number of fused-ring (bicyclic) bond motifs is 1. The summed E-state index contributed by atoms with van der Waals surface area (Å²) in [6, 6.07) is 2.01. The van der Waals surface area contributed by atoms with E-state index in [1.807, 2.05) is 0 Å². The quantitative estimate of drug-likeness (QED) is 0.806. The Bertz CT molecular complexity index is 903. The van der Waals surface area contributed by atoms with E-state index in [0.29, 0.717) is 24.7 Å². The maximum atomic E-state index is 12.3. The van der Waals surface area contributed by atoms with E-state index in [4.69, 9.17) is 4.42 Å². The van der Waals surface area contributed by atoms with Gasteiger partial charge < -0.3 is 9.73 Å². The van der Waals surface area contributed by atoms with Gasteiger partial charge in [0.15, 0.2) is 11.6 Å². The third-order valence-corrected chi connectivity index (χ3v) is 5.72. The van der Waals surface area contributed by atoms with E-state index in [-0.39, 0.29) is 17.5 Å². The second-order valence-electron chi connectivity index (χ2n) is 7.68. The molecule has 0 radical (unpaired) electrons. The van der Waals surface area contributed by atoms with E-state index in [1.165, 1.54) is 6.26 Å². The average Bonchev–Trinajstić information content (AvgIpc) is 3.33. The van der Waals surface area contributed by atoms with Gasteiger partial charge in [0.2, 0.25) is 0 Å². The molecule has 3 heterocycles. The van der Waals surface area contributed by atoms with Gasteiger partial charge in [-0.05, 0) is 44.2 Å². The second kappa shape index (κ2) is 8.26. The fourth-order valence-corrected chi connectivity index (χ4v) is 4.18. The Labute approximate surface area is 163 Å². The van der Waals surface area contributed by atoms with Crippen LogP contribution in [-0.4, -0.2) is 51.2 Å². The Morgan fingerprint density at radius 3 is 3.00 bits per heavy atom. The van der Waals surface area contributed by atoms with Gasteiger partial charge in [-0.2, -0.15) is 5.10 Å². The predicted molar refractivity (Wildman–Crippen MR) is 103 cm³/mol. The van der Waals surface area contributed by atoms with Crippen molar-refractivity contribution in [3.63, 3.8) is 0 Å². The van der Waals surface area contributed by atoms with Crippen molar-refractivity contribution in [1.29, 1.82) is 0 Å². The van der Waals surface area contributed by atoms with Crippen molar-refractivity contribution in [3.05, 3.63) is 45.5 Å². The monoisotopic (exact) mass is 385 g/mol. The number of aryl methyl sites for hydroxylation is 3. The number of carbonyl (C=O) groups excluding carboxylic acids is 1. The van der Waals surface area contributed by atoms with Gasteiger partial charge in [-0.3, -0.25) is 14.5 Å². The summed E-state index contributed by atoms with van der Waals surface area (Å²) >= 11 is 0. The summed E-state index contributed by atoms with van der Waals surface area (Å²) in [7, 11) is 0. The van der Waals surface area contributed by atoms with E-state index in [9.17, 15) is 9.59 Å². The maximum absolute atomic E-state index is 12.3. The smallest absolute Gasteiger partial charge is 0.273 e. The first-order valence-corrected chi connectivity index (χ1v) is 10.1. The number of rotatable bonds is 6. The molecule has 1 saturated heterocycles. The Kier molecular flexibility index (Phi) is 5.57. The summed E-state index contributed by atoms with van der Waals surface area (Å²) in [4.78, 5) is 31.0. The number of nitrogens with one attached hydrogen (secondary N) is 1. The number of nitrogens with zero attached hydrogens (tertiary/aromatic N) is 4. The zero-order chi connectivity index (χ0) is 19.5. The molecular weight excluding hydrogens is 358 g/mol. The molecule has 2 aromatic rings. The lowest BCUT2D eigenvalue weighted by Crippen LogP contribution is -2.48. The van der Waals surface area contributed by atoms with Gasteiger partial charge in [0, 0.05) is 32.1 Å². The van der Waals surface area contributed by atoms with Gasteiger partial charge in [0.05, 0.1) is 12.2 Å². The molecule has 0 saturated carbocycles. The molecule has 8 nitrogen and oxygen atoms in total.